The molecule has 12 heteroatoms. The van der Waals surface area contributed by atoms with Crippen LogP contribution >= 0.6 is 11.6 Å². The van der Waals surface area contributed by atoms with Gasteiger partial charge in [-0.15, -0.1) is 0 Å². The molecule has 3 rings (SSSR count). The number of esters is 1. The lowest BCUT2D eigenvalue weighted by Gasteiger charge is -2.10. The Labute approximate surface area is 191 Å². The molecule has 0 atom stereocenters. The van der Waals surface area contributed by atoms with Crippen molar-refractivity contribution < 1.29 is 18.7 Å². The summed E-state index contributed by atoms with van der Waals surface area (Å²) in [5.74, 6) is -2.47. The number of anilines is 1. The number of carbonyl (C=O) groups is 2. The summed E-state index contributed by atoms with van der Waals surface area (Å²) in [4.78, 5) is 48.6. The molecular weight excluding hydrogens is 457 g/mol. The maximum Gasteiger partial charge on any atom is 0.332 e. The monoisotopic (exact) mass is 475 g/mol. The predicted octanol–water partition coefficient (Wildman–Crippen LogP) is 1.39. The van der Waals surface area contributed by atoms with E-state index in [1.165, 1.54) is 49.1 Å². The van der Waals surface area contributed by atoms with Crippen LogP contribution in [-0.4, -0.2) is 37.3 Å². The van der Waals surface area contributed by atoms with Crippen LogP contribution in [-0.2, 0) is 23.6 Å². The van der Waals surface area contributed by atoms with Gasteiger partial charge in [-0.2, -0.15) is 5.10 Å². The van der Waals surface area contributed by atoms with E-state index >= 15 is 0 Å². The molecule has 0 unspecified atom stereocenters. The Morgan fingerprint density at radius 1 is 1.18 bits per heavy atom. The molecule has 0 bridgehead atoms. The first-order chi connectivity index (χ1) is 15.5. The van der Waals surface area contributed by atoms with E-state index in [-0.39, 0.29) is 11.0 Å². The number of Topliss-reactive ketones (excluding diaryl/α,β-unsaturated/α-hetero) is 1. The summed E-state index contributed by atoms with van der Waals surface area (Å²) in [6.07, 6.45) is 2.40. The molecule has 0 saturated carbocycles. The Bertz CT molecular complexity index is 1400. The fraction of sp³-hybridized carbons (Fsp3) is 0.190. The predicted molar refractivity (Wildman–Crippen MR) is 119 cm³/mol. The topological polar surface area (TPSA) is 131 Å². The molecule has 172 valence electrons. The molecule has 0 spiro atoms. The number of halogens is 2. The van der Waals surface area contributed by atoms with Crippen LogP contribution in [0, 0.1) is 12.7 Å². The van der Waals surface area contributed by atoms with E-state index in [4.69, 9.17) is 22.1 Å². The molecule has 0 aliphatic rings. The number of hydrogen-bond acceptors (Lipinski definition) is 7. The van der Waals surface area contributed by atoms with E-state index in [1.807, 2.05) is 0 Å². The molecule has 10 nitrogen and oxygen atoms in total. The third-order valence-corrected chi connectivity index (χ3v) is 5.20. The van der Waals surface area contributed by atoms with E-state index in [2.05, 4.69) is 5.10 Å². The van der Waals surface area contributed by atoms with Crippen LogP contribution in [0.3, 0.4) is 0 Å². The summed E-state index contributed by atoms with van der Waals surface area (Å²) >= 11 is 6.34. The largest absolute Gasteiger partial charge is 0.454 e. The van der Waals surface area contributed by atoms with Crippen molar-refractivity contribution in [1.29, 1.82) is 0 Å². The van der Waals surface area contributed by atoms with Gasteiger partial charge in [-0.05, 0) is 37.3 Å². The Kier molecular flexibility index (Phi) is 6.63. The lowest BCUT2D eigenvalue weighted by Crippen LogP contribution is -2.42. The zero-order chi connectivity index (χ0) is 24.4. The number of benzene rings is 1. The summed E-state index contributed by atoms with van der Waals surface area (Å²) in [6.45, 7) is 0.904. The molecule has 33 heavy (non-hydrogen) atoms. The average molecular weight is 476 g/mol. The highest BCUT2D eigenvalue weighted by molar-refractivity contribution is 6.31. The summed E-state index contributed by atoms with van der Waals surface area (Å²) in [7, 11) is 2.51. The number of aryl methyl sites for hydroxylation is 1. The number of rotatable bonds is 6. The van der Waals surface area contributed by atoms with Crippen LogP contribution in [0.25, 0.3) is 11.8 Å². The van der Waals surface area contributed by atoms with Crippen molar-refractivity contribution in [3.63, 3.8) is 0 Å². The third-order valence-electron chi connectivity index (χ3n) is 4.84. The quantitative estimate of drug-likeness (QED) is 0.324. The van der Waals surface area contributed by atoms with Crippen molar-refractivity contribution in [3.05, 3.63) is 79.0 Å². The lowest BCUT2D eigenvalue weighted by atomic mass is 10.2. The van der Waals surface area contributed by atoms with Crippen LogP contribution < -0.4 is 17.0 Å². The molecule has 2 heterocycles. The molecule has 3 aromatic rings. The van der Waals surface area contributed by atoms with Crippen molar-refractivity contribution >= 4 is 35.2 Å². The molecular formula is C21H19ClFN5O5. The number of ether oxygens (including phenoxy) is 1. The van der Waals surface area contributed by atoms with E-state index in [0.29, 0.717) is 16.9 Å². The summed E-state index contributed by atoms with van der Waals surface area (Å²) < 4.78 is 21.1. The molecule has 0 aliphatic carbocycles. The minimum Gasteiger partial charge on any atom is -0.454 e. The first-order valence-electron chi connectivity index (χ1n) is 9.47. The zero-order valence-corrected chi connectivity index (χ0v) is 18.6. The van der Waals surface area contributed by atoms with Gasteiger partial charge in [0.15, 0.2) is 6.61 Å². The van der Waals surface area contributed by atoms with Crippen LogP contribution in [0.5, 0.6) is 0 Å². The van der Waals surface area contributed by atoms with E-state index in [0.717, 1.165) is 15.2 Å². The minimum atomic E-state index is -0.886. The van der Waals surface area contributed by atoms with Crippen LogP contribution in [0.4, 0.5) is 10.2 Å². The van der Waals surface area contributed by atoms with Gasteiger partial charge in [0.2, 0.25) is 5.78 Å². The van der Waals surface area contributed by atoms with Gasteiger partial charge in [-0.3, -0.25) is 18.7 Å². The maximum atomic E-state index is 13.1. The Morgan fingerprint density at radius 3 is 2.45 bits per heavy atom. The third kappa shape index (κ3) is 4.62. The fourth-order valence-electron chi connectivity index (χ4n) is 2.98. The number of nitrogens with two attached hydrogens (primary N) is 1. The van der Waals surface area contributed by atoms with Gasteiger partial charge in [0.25, 0.3) is 5.56 Å². The van der Waals surface area contributed by atoms with E-state index in [9.17, 15) is 23.6 Å². The van der Waals surface area contributed by atoms with Crippen molar-refractivity contribution in [2.24, 2.45) is 14.1 Å². The Hall–Kier alpha value is -3.99. The molecule has 0 amide bonds. The molecule has 2 N–H and O–H groups in total. The van der Waals surface area contributed by atoms with Crippen molar-refractivity contribution in [1.82, 2.24) is 18.9 Å². The molecule has 1 aromatic carbocycles. The van der Waals surface area contributed by atoms with Gasteiger partial charge in [-0.1, -0.05) is 11.6 Å². The highest BCUT2D eigenvalue weighted by Gasteiger charge is 2.21. The standard InChI is InChI=1S/C21H19ClFN5O5/c1-11-14(18(22)28(25-11)13-6-4-12(23)5-7-13)8-9-16(30)33-10-15(29)17-19(24)26(2)21(32)27(3)20(17)31/h4-9H,10,24H2,1-3H3/b9-8+. The highest BCUT2D eigenvalue weighted by atomic mass is 35.5. The zero-order valence-electron chi connectivity index (χ0n) is 17.8. The minimum absolute atomic E-state index is 0.181. The number of hydrogen-bond donors (Lipinski definition) is 1. The van der Waals surface area contributed by atoms with Crippen molar-refractivity contribution in [3.8, 4) is 5.69 Å². The van der Waals surface area contributed by atoms with Gasteiger partial charge in [0.05, 0.1) is 11.4 Å². The van der Waals surface area contributed by atoms with Crippen molar-refractivity contribution in [2.45, 2.75) is 6.92 Å². The van der Waals surface area contributed by atoms with E-state index in [1.54, 1.807) is 6.92 Å². The normalized spacial score (nSPS) is 11.2. The molecule has 0 radical (unpaired) electrons. The van der Waals surface area contributed by atoms with E-state index < -0.39 is 41.0 Å². The summed E-state index contributed by atoms with van der Waals surface area (Å²) in [5.41, 5.74) is 5.12. The first-order valence-corrected chi connectivity index (χ1v) is 9.85. The van der Waals surface area contributed by atoms with Crippen LogP contribution in [0.15, 0.2) is 39.9 Å². The number of aromatic nitrogens is 4. The van der Waals surface area contributed by atoms with Crippen LogP contribution in [0.2, 0.25) is 5.15 Å². The number of nitrogen functional groups attached to an aromatic ring is 1. The summed E-state index contributed by atoms with van der Waals surface area (Å²) in [6, 6.07) is 5.52. The first kappa shape index (κ1) is 23.7. The second-order valence-electron chi connectivity index (χ2n) is 7.01. The average Bonchev–Trinajstić information content (AvgIpc) is 3.07. The fourth-order valence-corrected chi connectivity index (χ4v) is 3.32. The number of carbonyl (C=O) groups excluding carboxylic acids is 2. The van der Waals surface area contributed by atoms with Gasteiger partial charge in [0.1, 0.15) is 22.4 Å². The summed E-state index contributed by atoms with van der Waals surface area (Å²) in [5, 5.41) is 4.45. The van der Waals surface area contributed by atoms with Gasteiger partial charge >= 0.3 is 11.7 Å². The molecule has 2 aromatic heterocycles. The van der Waals surface area contributed by atoms with Crippen molar-refractivity contribution in [2.75, 3.05) is 12.3 Å². The number of nitrogens with zero attached hydrogens (tertiary/aromatic N) is 4. The van der Waals surface area contributed by atoms with Gasteiger partial charge in [0, 0.05) is 25.7 Å². The second-order valence-corrected chi connectivity index (χ2v) is 7.37. The number of ketones is 1. The van der Waals surface area contributed by atoms with Crippen LogP contribution in [0.1, 0.15) is 21.6 Å². The van der Waals surface area contributed by atoms with Gasteiger partial charge in [-0.25, -0.2) is 18.7 Å². The lowest BCUT2D eigenvalue weighted by molar-refractivity contribution is -0.136. The maximum absolute atomic E-state index is 13.1. The highest BCUT2D eigenvalue weighted by Crippen LogP contribution is 2.24. The molecule has 0 saturated heterocycles. The van der Waals surface area contributed by atoms with Gasteiger partial charge < -0.3 is 10.5 Å². The SMILES string of the molecule is Cc1nn(-c2ccc(F)cc2)c(Cl)c1/C=C/C(=O)OCC(=O)c1c(N)n(C)c(=O)n(C)c1=O. The smallest absolute Gasteiger partial charge is 0.332 e. The Balaban J connectivity index is 1.74. The molecule has 0 fully saturated rings. The molecule has 0 aliphatic heterocycles. The Morgan fingerprint density at radius 2 is 1.82 bits per heavy atom. The second kappa shape index (κ2) is 9.25.